The monoisotopic (exact) mass is 223 g/mol. The quantitative estimate of drug-likeness (QED) is 0.689. The molecule has 0 saturated heterocycles. The summed E-state index contributed by atoms with van der Waals surface area (Å²) in [4.78, 5) is 0.874. The minimum atomic E-state index is -0.203. The molecule has 0 radical (unpaired) electrons. The van der Waals surface area contributed by atoms with Gasteiger partial charge in [0.1, 0.15) is 6.07 Å². The number of rotatable bonds is 1. The van der Waals surface area contributed by atoms with Gasteiger partial charge in [-0.3, -0.25) is 0 Å². The third kappa shape index (κ3) is 1.39. The van der Waals surface area contributed by atoms with Gasteiger partial charge in [-0.05, 0) is 23.8 Å². The molecule has 0 saturated carbocycles. The molecule has 0 N–H and O–H groups in total. The van der Waals surface area contributed by atoms with E-state index in [9.17, 15) is 4.39 Å². The molecule has 1 nitrogen and oxygen atoms in total. The summed E-state index contributed by atoms with van der Waals surface area (Å²) in [6, 6.07) is 7.13. The van der Waals surface area contributed by atoms with Gasteiger partial charge in [-0.1, -0.05) is 6.07 Å². The molecule has 0 spiro atoms. The maximum Gasteiger partial charge on any atom is 0.177 e. The Morgan fingerprint density at radius 2 is 2.29 bits per heavy atom. The van der Waals surface area contributed by atoms with Crippen LogP contribution in [0.1, 0.15) is 5.56 Å². The lowest BCUT2D eigenvalue weighted by molar-refractivity contribution is 0.658. The fourth-order valence-corrected chi connectivity index (χ4v) is 3.18. The van der Waals surface area contributed by atoms with Gasteiger partial charge in [-0.15, -0.1) is 23.1 Å². The van der Waals surface area contributed by atoms with Crippen molar-refractivity contribution in [2.75, 3.05) is 6.26 Å². The second-order valence-corrected chi connectivity index (χ2v) is 4.55. The van der Waals surface area contributed by atoms with Crippen LogP contribution in [0.5, 0.6) is 0 Å². The SMILES string of the molecule is CSc1c(C#N)ccc2cc(F)sc12. The van der Waals surface area contributed by atoms with Gasteiger partial charge >= 0.3 is 0 Å². The molecule has 0 aliphatic carbocycles. The lowest BCUT2D eigenvalue weighted by atomic mass is 10.2. The highest BCUT2D eigenvalue weighted by Gasteiger charge is 2.09. The van der Waals surface area contributed by atoms with Crippen LogP contribution in [-0.2, 0) is 0 Å². The van der Waals surface area contributed by atoms with Crippen LogP contribution in [0.25, 0.3) is 10.1 Å². The molecule has 14 heavy (non-hydrogen) atoms. The number of hydrogen-bond acceptors (Lipinski definition) is 3. The molecule has 70 valence electrons. The van der Waals surface area contributed by atoms with E-state index in [1.165, 1.54) is 17.8 Å². The van der Waals surface area contributed by atoms with E-state index in [4.69, 9.17) is 5.26 Å². The largest absolute Gasteiger partial charge is 0.195 e. The van der Waals surface area contributed by atoms with Gasteiger partial charge in [0, 0.05) is 4.90 Å². The Bertz CT molecular complexity index is 525. The van der Waals surface area contributed by atoms with Gasteiger partial charge in [0.25, 0.3) is 0 Å². The number of benzene rings is 1. The molecule has 2 aromatic rings. The highest BCUT2D eigenvalue weighted by molar-refractivity contribution is 7.99. The van der Waals surface area contributed by atoms with E-state index >= 15 is 0 Å². The highest BCUT2D eigenvalue weighted by atomic mass is 32.2. The molecule has 0 unspecified atom stereocenters. The highest BCUT2D eigenvalue weighted by Crippen LogP contribution is 2.35. The Morgan fingerprint density at radius 3 is 2.93 bits per heavy atom. The van der Waals surface area contributed by atoms with Crippen molar-refractivity contribution in [3.63, 3.8) is 0 Å². The van der Waals surface area contributed by atoms with Gasteiger partial charge in [0.2, 0.25) is 0 Å². The number of thioether (sulfide) groups is 1. The second kappa shape index (κ2) is 3.60. The minimum Gasteiger partial charge on any atom is -0.195 e. The smallest absolute Gasteiger partial charge is 0.177 e. The second-order valence-electron chi connectivity index (χ2n) is 2.73. The van der Waals surface area contributed by atoms with Crippen molar-refractivity contribution < 1.29 is 4.39 Å². The first-order chi connectivity index (χ1) is 6.76. The summed E-state index contributed by atoms with van der Waals surface area (Å²) < 4.78 is 13.9. The van der Waals surface area contributed by atoms with Crippen molar-refractivity contribution in [1.82, 2.24) is 0 Å². The van der Waals surface area contributed by atoms with Gasteiger partial charge < -0.3 is 0 Å². The van der Waals surface area contributed by atoms with E-state index in [1.807, 2.05) is 6.26 Å². The van der Waals surface area contributed by atoms with Gasteiger partial charge in [-0.25, -0.2) is 0 Å². The predicted molar refractivity (Wildman–Crippen MR) is 58.3 cm³/mol. The molecular weight excluding hydrogens is 217 g/mol. The predicted octanol–water partition coefficient (Wildman–Crippen LogP) is 3.63. The van der Waals surface area contributed by atoms with Crippen LogP contribution < -0.4 is 0 Å². The Labute approximate surface area is 89.2 Å². The maximum atomic E-state index is 13.0. The summed E-state index contributed by atoms with van der Waals surface area (Å²) in [5, 5.41) is 9.53. The van der Waals surface area contributed by atoms with Gasteiger partial charge in [0.15, 0.2) is 5.13 Å². The van der Waals surface area contributed by atoms with E-state index in [1.54, 1.807) is 12.1 Å². The molecule has 0 fully saturated rings. The molecule has 1 aromatic heterocycles. The lowest BCUT2D eigenvalue weighted by Crippen LogP contribution is -1.79. The summed E-state index contributed by atoms with van der Waals surface area (Å²) in [5.41, 5.74) is 0.617. The number of halogens is 1. The third-order valence-electron chi connectivity index (χ3n) is 1.94. The number of nitrogens with zero attached hydrogens (tertiary/aromatic N) is 1. The lowest BCUT2D eigenvalue weighted by Gasteiger charge is -2.00. The van der Waals surface area contributed by atoms with E-state index in [0.717, 1.165) is 26.3 Å². The maximum absolute atomic E-state index is 13.0. The van der Waals surface area contributed by atoms with E-state index in [-0.39, 0.29) is 5.13 Å². The van der Waals surface area contributed by atoms with Crippen molar-refractivity contribution in [2.24, 2.45) is 0 Å². The summed E-state index contributed by atoms with van der Waals surface area (Å²) in [6.07, 6.45) is 1.90. The van der Waals surface area contributed by atoms with Gasteiger partial charge in [-0.2, -0.15) is 9.65 Å². The standard InChI is InChI=1S/C10H6FNS2/c1-13-9-7(5-12)3-2-6-4-8(11)14-10(6)9/h2-4H,1H3. The van der Waals surface area contributed by atoms with Gasteiger partial charge in [0.05, 0.1) is 10.3 Å². The summed E-state index contributed by atoms with van der Waals surface area (Å²) in [7, 11) is 0. The molecular formula is C10H6FNS2. The topological polar surface area (TPSA) is 23.8 Å². The number of fused-ring (bicyclic) bond motifs is 1. The summed E-state index contributed by atoms with van der Waals surface area (Å²) in [5.74, 6) is 0. The van der Waals surface area contributed by atoms with Crippen molar-refractivity contribution in [2.45, 2.75) is 4.90 Å². The zero-order valence-corrected chi connectivity index (χ0v) is 9.01. The first-order valence-electron chi connectivity index (χ1n) is 3.92. The molecule has 0 aliphatic rings. The van der Waals surface area contributed by atoms with E-state index < -0.39 is 0 Å². The molecule has 1 heterocycles. The third-order valence-corrected chi connectivity index (χ3v) is 3.85. The molecule has 0 bridgehead atoms. The van der Waals surface area contributed by atoms with E-state index in [2.05, 4.69) is 6.07 Å². The van der Waals surface area contributed by atoms with Crippen LogP contribution in [0.15, 0.2) is 23.1 Å². The van der Waals surface area contributed by atoms with Crippen molar-refractivity contribution in [3.05, 3.63) is 28.9 Å². The zero-order valence-electron chi connectivity index (χ0n) is 7.37. The van der Waals surface area contributed by atoms with Crippen LogP contribution in [0.4, 0.5) is 4.39 Å². The molecule has 4 heteroatoms. The average Bonchev–Trinajstić information content (AvgIpc) is 2.56. The normalized spacial score (nSPS) is 10.4. The fraction of sp³-hybridized carbons (Fsp3) is 0.100. The minimum absolute atomic E-state index is 0.203. The Balaban J connectivity index is 2.84. The van der Waals surface area contributed by atoms with Crippen molar-refractivity contribution >= 4 is 33.2 Å². The first-order valence-corrected chi connectivity index (χ1v) is 5.96. The number of hydrogen-bond donors (Lipinski definition) is 0. The number of nitriles is 1. The van der Waals surface area contributed by atoms with Crippen molar-refractivity contribution in [3.8, 4) is 6.07 Å². The molecule has 0 aliphatic heterocycles. The van der Waals surface area contributed by atoms with E-state index in [0.29, 0.717) is 5.56 Å². The Morgan fingerprint density at radius 1 is 1.50 bits per heavy atom. The van der Waals surface area contributed by atoms with Crippen LogP contribution in [0, 0.1) is 16.5 Å². The fourth-order valence-electron chi connectivity index (χ4n) is 1.34. The molecule has 1 aromatic carbocycles. The zero-order chi connectivity index (χ0) is 10.1. The summed E-state index contributed by atoms with van der Waals surface area (Å²) >= 11 is 2.58. The molecule has 0 atom stereocenters. The molecule has 2 rings (SSSR count). The first kappa shape index (κ1) is 9.50. The van der Waals surface area contributed by atoms with Crippen molar-refractivity contribution in [1.29, 1.82) is 5.26 Å². The molecule has 0 amide bonds. The Kier molecular flexibility index (Phi) is 2.44. The summed E-state index contributed by atoms with van der Waals surface area (Å²) in [6.45, 7) is 0. The van der Waals surface area contributed by atoms with Crippen LogP contribution in [0.2, 0.25) is 0 Å². The van der Waals surface area contributed by atoms with Crippen LogP contribution >= 0.6 is 23.1 Å². The number of thiophene rings is 1. The Hall–Kier alpha value is -1.05. The van der Waals surface area contributed by atoms with Crippen LogP contribution in [0.3, 0.4) is 0 Å². The van der Waals surface area contributed by atoms with Crippen LogP contribution in [-0.4, -0.2) is 6.26 Å². The average molecular weight is 223 g/mol.